The summed E-state index contributed by atoms with van der Waals surface area (Å²) in [6, 6.07) is 22.1. The molecule has 0 radical (unpaired) electrons. The minimum absolute atomic E-state index is 0.0909. The van der Waals surface area contributed by atoms with Crippen LogP contribution in [-0.4, -0.2) is 50.0 Å². The van der Waals surface area contributed by atoms with Gasteiger partial charge in [0.25, 0.3) is 0 Å². The van der Waals surface area contributed by atoms with Gasteiger partial charge >= 0.3 is 0 Å². The van der Waals surface area contributed by atoms with E-state index in [2.05, 4.69) is 5.32 Å². The van der Waals surface area contributed by atoms with Crippen LogP contribution in [0.4, 0.5) is 5.69 Å². The van der Waals surface area contributed by atoms with E-state index in [4.69, 9.17) is 16.3 Å². The van der Waals surface area contributed by atoms with Gasteiger partial charge in [0.2, 0.25) is 21.8 Å². The van der Waals surface area contributed by atoms with Gasteiger partial charge in [-0.1, -0.05) is 61.7 Å². The molecular formula is C31H36ClN3O5S. The molecule has 4 rings (SSSR count). The Morgan fingerprint density at radius 3 is 2.15 bits per heavy atom. The molecule has 41 heavy (non-hydrogen) atoms. The predicted molar refractivity (Wildman–Crippen MR) is 162 cm³/mol. The van der Waals surface area contributed by atoms with E-state index >= 15 is 0 Å². The topological polar surface area (TPSA) is 96.0 Å². The minimum atomic E-state index is -3.84. The number of ether oxygens (including phenoxy) is 1. The minimum Gasteiger partial charge on any atom is -0.457 e. The zero-order chi connectivity index (χ0) is 29.4. The van der Waals surface area contributed by atoms with Crippen molar-refractivity contribution in [2.24, 2.45) is 0 Å². The third-order valence-corrected chi connectivity index (χ3v) is 8.53. The van der Waals surface area contributed by atoms with Crippen LogP contribution in [0.3, 0.4) is 0 Å². The lowest BCUT2D eigenvalue weighted by atomic mass is 10.1. The summed E-state index contributed by atoms with van der Waals surface area (Å²) < 4.78 is 32.7. The summed E-state index contributed by atoms with van der Waals surface area (Å²) in [4.78, 5) is 28.7. The van der Waals surface area contributed by atoms with E-state index in [9.17, 15) is 18.0 Å². The van der Waals surface area contributed by atoms with Crippen LogP contribution >= 0.6 is 11.6 Å². The van der Waals surface area contributed by atoms with Gasteiger partial charge in [-0.15, -0.1) is 0 Å². The molecule has 10 heteroatoms. The van der Waals surface area contributed by atoms with Gasteiger partial charge in [0, 0.05) is 17.6 Å². The number of carbonyl (C=O) groups excluding carboxylic acids is 2. The standard InChI is InChI=1S/C31H36ClN3O5S/c1-3-29(31(37)33-25-9-7-8-10-25)34(21-23-13-15-24(32)16-14-23)30(36)22-35(41(2,38)39)26-17-19-28(20-18-26)40-27-11-5-4-6-12-27/h4-6,11-20,25,29H,3,7-10,21-22H2,1-2H3,(H,33,37)/t29-/m1/s1. The number of nitrogens with zero attached hydrogens (tertiary/aromatic N) is 2. The molecule has 0 aromatic heterocycles. The van der Waals surface area contributed by atoms with Crippen molar-refractivity contribution in [1.29, 1.82) is 0 Å². The monoisotopic (exact) mass is 597 g/mol. The molecule has 218 valence electrons. The molecule has 1 fully saturated rings. The second-order valence-corrected chi connectivity index (χ2v) is 12.6. The zero-order valence-electron chi connectivity index (χ0n) is 23.3. The molecule has 0 saturated heterocycles. The molecule has 2 amide bonds. The van der Waals surface area contributed by atoms with Crippen LogP contribution in [0.15, 0.2) is 78.9 Å². The fraction of sp³-hybridized carbons (Fsp3) is 0.355. The van der Waals surface area contributed by atoms with Crippen molar-refractivity contribution in [1.82, 2.24) is 10.2 Å². The number of anilines is 1. The van der Waals surface area contributed by atoms with Gasteiger partial charge < -0.3 is 15.0 Å². The van der Waals surface area contributed by atoms with Crippen LogP contribution in [0.1, 0.15) is 44.6 Å². The van der Waals surface area contributed by atoms with Gasteiger partial charge in [0.05, 0.1) is 11.9 Å². The summed E-state index contributed by atoms with van der Waals surface area (Å²) in [5.41, 5.74) is 1.10. The van der Waals surface area contributed by atoms with Gasteiger partial charge in [-0.05, 0) is 73.4 Å². The molecule has 0 unspecified atom stereocenters. The number of carbonyl (C=O) groups is 2. The first-order valence-corrected chi connectivity index (χ1v) is 16.0. The summed E-state index contributed by atoms with van der Waals surface area (Å²) in [6.07, 6.45) is 5.39. The second kappa shape index (κ2) is 13.9. The smallest absolute Gasteiger partial charge is 0.244 e. The van der Waals surface area contributed by atoms with Crippen molar-refractivity contribution in [2.75, 3.05) is 17.1 Å². The number of rotatable bonds is 12. The van der Waals surface area contributed by atoms with Gasteiger partial charge in [0.15, 0.2) is 0 Å². The number of benzene rings is 3. The normalized spacial score (nSPS) is 14.3. The first-order valence-electron chi connectivity index (χ1n) is 13.8. The number of nitrogens with one attached hydrogen (secondary N) is 1. The maximum absolute atomic E-state index is 13.9. The van der Waals surface area contributed by atoms with Crippen molar-refractivity contribution in [3.63, 3.8) is 0 Å². The van der Waals surface area contributed by atoms with Crippen LogP contribution in [0, 0.1) is 0 Å². The van der Waals surface area contributed by atoms with E-state index in [0.29, 0.717) is 28.6 Å². The average Bonchev–Trinajstić information content (AvgIpc) is 3.46. The van der Waals surface area contributed by atoms with E-state index in [-0.39, 0.29) is 18.5 Å². The van der Waals surface area contributed by atoms with Crippen molar-refractivity contribution < 1.29 is 22.7 Å². The highest BCUT2D eigenvalue weighted by Crippen LogP contribution is 2.26. The van der Waals surface area contributed by atoms with Crippen LogP contribution < -0.4 is 14.4 Å². The largest absolute Gasteiger partial charge is 0.457 e. The van der Waals surface area contributed by atoms with Crippen LogP contribution in [0.5, 0.6) is 11.5 Å². The molecule has 0 spiro atoms. The summed E-state index contributed by atoms with van der Waals surface area (Å²) in [5.74, 6) is 0.465. The maximum atomic E-state index is 13.9. The lowest BCUT2D eigenvalue weighted by Gasteiger charge is -2.33. The predicted octanol–water partition coefficient (Wildman–Crippen LogP) is 5.76. The average molecular weight is 598 g/mol. The third kappa shape index (κ3) is 8.47. The third-order valence-electron chi connectivity index (χ3n) is 7.14. The van der Waals surface area contributed by atoms with Crippen LogP contribution in [0.25, 0.3) is 0 Å². The van der Waals surface area contributed by atoms with Crippen LogP contribution in [0.2, 0.25) is 5.02 Å². The Balaban J connectivity index is 1.58. The molecule has 1 aliphatic carbocycles. The second-order valence-electron chi connectivity index (χ2n) is 10.2. The molecule has 1 atom stereocenters. The fourth-order valence-electron chi connectivity index (χ4n) is 4.99. The molecule has 1 aliphatic rings. The van der Waals surface area contributed by atoms with Gasteiger partial charge in [-0.2, -0.15) is 0 Å². The number of para-hydroxylation sites is 1. The Morgan fingerprint density at radius 1 is 0.951 bits per heavy atom. The van der Waals surface area contributed by atoms with Gasteiger partial charge in [-0.25, -0.2) is 8.42 Å². The number of hydrogen-bond acceptors (Lipinski definition) is 5. The van der Waals surface area contributed by atoms with E-state index in [0.717, 1.165) is 41.8 Å². The number of amides is 2. The molecule has 0 bridgehead atoms. The molecule has 3 aromatic rings. The quantitative estimate of drug-likeness (QED) is 0.286. The lowest BCUT2D eigenvalue weighted by Crippen LogP contribution is -2.53. The number of hydrogen-bond donors (Lipinski definition) is 1. The van der Waals surface area contributed by atoms with Gasteiger partial charge in [-0.3, -0.25) is 13.9 Å². The summed E-state index contributed by atoms with van der Waals surface area (Å²) in [7, 11) is -3.84. The number of halogens is 1. The molecule has 3 aromatic carbocycles. The van der Waals surface area contributed by atoms with Crippen molar-refractivity contribution in [3.05, 3.63) is 89.4 Å². The molecule has 8 nitrogen and oxygen atoms in total. The van der Waals surface area contributed by atoms with E-state index < -0.39 is 28.5 Å². The molecule has 1 N–H and O–H groups in total. The lowest BCUT2D eigenvalue weighted by molar-refractivity contribution is -0.140. The SMILES string of the molecule is CC[C@H](C(=O)NC1CCCC1)N(Cc1ccc(Cl)cc1)C(=O)CN(c1ccc(Oc2ccccc2)cc1)S(C)(=O)=O. The molecule has 0 aliphatic heterocycles. The Bertz CT molecular complexity index is 1410. The highest BCUT2D eigenvalue weighted by molar-refractivity contribution is 7.92. The van der Waals surface area contributed by atoms with E-state index in [1.54, 1.807) is 48.5 Å². The molecule has 0 heterocycles. The fourth-order valence-corrected chi connectivity index (χ4v) is 5.97. The van der Waals surface area contributed by atoms with E-state index in [1.165, 1.54) is 4.90 Å². The Morgan fingerprint density at radius 2 is 1.56 bits per heavy atom. The Hall–Kier alpha value is -3.56. The number of sulfonamides is 1. The maximum Gasteiger partial charge on any atom is 0.244 e. The highest BCUT2D eigenvalue weighted by Gasteiger charge is 2.33. The summed E-state index contributed by atoms with van der Waals surface area (Å²) in [6.45, 7) is 1.52. The summed E-state index contributed by atoms with van der Waals surface area (Å²) in [5, 5.41) is 3.66. The van der Waals surface area contributed by atoms with Crippen molar-refractivity contribution >= 4 is 39.1 Å². The van der Waals surface area contributed by atoms with E-state index in [1.807, 2.05) is 37.3 Å². The molecule has 1 saturated carbocycles. The zero-order valence-corrected chi connectivity index (χ0v) is 24.9. The summed E-state index contributed by atoms with van der Waals surface area (Å²) >= 11 is 6.06. The van der Waals surface area contributed by atoms with Crippen molar-refractivity contribution in [2.45, 2.75) is 57.7 Å². The first-order chi connectivity index (χ1) is 19.6. The Labute approximate surface area is 247 Å². The molecular weight excluding hydrogens is 562 g/mol. The van der Waals surface area contributed by atoms with Crippen molar-refractivity contribution in [3.8, 4) is 11.5 Å². The van der Waals surface area contributed by atoms with Gasteiger partial charge in [0.1, 0.15) is 24.1 Å². The van der Waals surface area contributed by atoms with Crippen LogP contribution in [-0.2, 0) is 26.2 Å². The first kappa shape index (κ1) is 30.4. The highest BCUT2D eigenvalue weighted by atomic mass is 35.5. The Kier molecular flexibility index (Phi) is 10.3.